The van der Waals surface area contributed by atoms with Crippen molar-refractivity contribution in [2.24, 2.45) is 0 Å². The van der Waals surface area contributed by atoms with Gasteiger partial charge in [-0.2, -0.15) is 0 Å². The van der Waals surface area contributed by atoms with Crippen molar-refractivity contribution < 1.29 is 14.3 Å². The van der Waals surface area contributed by atoms with E-state index in [0.29, 0.717) is 12.6 Å². The van der Waals surface area contributed by atoms with Gasteiger partial charge in [0.25, 0.3) is 0 Å². The Morgan fingerprint density at radius 3 is 2.39 bits per heavy atom. The van der Waals surface area contributed by atoms with Crippen molar-refractivity contribution in [1.82, 2.24) is 10.2 Å². The molecule has 5 nitrogen and oxygen atoms in total. The van der Waals surface area contributed by atoms with Crippen LogP contribution in [0.1, 0.15) is 67.2 Å². The Morgan fingerprint density at radius 2 is 1.87 bits per heavy atom. The van der Waals surface area contributed by atoms with Gasteiger partial charge in [0, 0.05) is 25.2 Å². The molecule has 1 N–H and O–H groups in total. The second kappa shape index (κ2) is 8.88. The topological polar surface area (TPSA) is 50.8 Å². The van der Waals surface area contributed by atoms with Crippen molar-refractivity contribution in [2.75, 3.05) is 26.2 Å². The van der Waals surface area contributed by atoms with Gasteiger partial charge in [0.05, 0.1) is 6.10 Å². The third-order valence-electron chi connectivity index (χ3n) is 3.85. The SMILES string of the molecule is CC(C)(C)OC(=O)N(CCNCCC1CCCCO1)C(C)(C)C. The lowest BCUT2D eigenvalue weighted by Crippen LogP contribution is -2.50. The van der Waals surface area contributed by atoms with Gasteiger partial charge in [0.2, 0.25) is 0 Å². The highest BCUT2D eigenvalue weighted by molar-refractivity contribution is 5.69. The summed E-state index contributed by atoms with van der Waals surface area (Å²) in [5.41, 5.74) is -0.719. The lowest BCUT2D eigenvalue weighted by Gasteiger charge is -2.37. The van der Waals surface area contributed by atoms with Crippen molar-refractivity contribution in [2.45, 2.75) is 84.5 Å². The van der Waals surface area contributed by atoms with Gasteiger partial charge in [0.1, 0.15) is 5.60 Å². The molecule has 0 aromatic rings. The first kappa shape index (κ1) is 20.2. The summed E-state index contributed by atoms with van der Waals surface area (Å²) in [6.45, 7) is 15.0. The number of carbonyl (C=O) groups is 1. The van der Waals surface area contributed by atoms with E-state index in [1.807, 2.05) is 41.5 Å². The lowest BCUT2D eigenvalue weighted by atomic mass is 10.1. The Morgan fingerprint density at radius 1 is 1.17 bits per heavy atom. The van der Waals surface area contributed by atoms with Crippen LogP contribution < -0.4 is 5.32 Å². The van der Waals surface area contributed by atoms with Crippen LogP contribution in [0, 0.1) is 0 Å². The number of nitrogens with zero attached hydrogens (tertiary/aromatic N) is 1. The number of hydrogen-bond acceptors (Lipinski definition) is 4. The quantitative estimate of drug-likeness (QED) is 0.757. The minimum atomic E-state index is -0.466. The molecule has 0 aromatic heterocycles. The van der Waals surface area contributed by atoms with Gasteiger partial charge >= 0.3 is 6.09 Å². The molecule has 0 saturated carbocycles. The lowest BCUT2D eigenvalue weighted by molar-refractivity contribution is 0.00511. The van der Waals surface area contributed by atoms with Gasteiger partial charge in [-0.25, -0.2) is 4.79 Å². The van der Waals surface area contributed by atoms with Crippen LogP contribution in [-0.4, -0.2) is 54.5 Å². The molecule has 0 aromatic carbocycles. The largest absolute Gasteiger partial charge is 0.444 e. The molecule has 0 radical (unpaired) electrons. The predicted molar refractivity (Wildman–Crippen MR) is 93.8 cm³/mol. The second-order valence-corrected chi connectivity index (χ2v) is 8.33. The average Bonchev–Trinajstić information content (AvgIpc) is 2.40. The molecule has 0 bridgehead atoms. The number of nitrogens with one attached hydrogen (secondary N) is 1. The maximum Gasteiger partial charge on any atom is 0.410 e. The molecule has 1 heterocycles. The molecular formula is C18H36N2O3. The summed E-state index contributed by atoms with van der Waals surface area (Å²) < 4.78 is 11.2. The number of rotatable bonds is 6. The van der Waals surface area contributed by atoms with E-state index in [4.69, 9.17) is 9.47 Å². The van der Waals surface area contributed by atoms with E-state index in [0.717, 1.165) is 26.1 Å². The van der Waals surface area contributed by atoms with E-state index in [1.54, 1.807) is 4.90 Å². The van der Waals surface area contributed by atoms with Crippen LogP contribution in [0.2, 0.25) is 0 Å². The first-order chi connectivity index (χ1) is 10.6. The van der Waals surface area contributed by atoms with Crippen molar-refractivity contribution in [3.05, 3.63) is 0 Å². The molecule has 1 unspecified atom stereocenters. The Bertz CT molecular complexity index is 352. The molecule has 0 aliphatic carbocycles. The zero-order chi connectivity index (χ0) is 17.5. The van der Waals surface area contributed by atoms with E-state index < -0.39 is 5.60 Å². The van der Waals surface area contributed by atoms with E-state index in [1.165, 1.54) is 19.3 Å². The van der Waals surface area contributed by atoms with Gasteiger partial charge < -0.3 is 19.7 Å². The Hall–Kier alpha value is -0.810. The smallest absolute Gasteiger partial charge is 0.410 e. The van der Waals surface area contributed by atoms with Crippen LogP contribution in [0.25, 0.3) is 0 Å². The Labute approximate surface area is 142 Å². The van der Waals surface area contributed by atoms with Crippen LogP contribution in [0.4, 0.5) is 4.79 Å². The normalized spacial score (nSPS) is 19.5. The summed E-state index contributed by atoms with van der Waals surface area (Å²) in [6, 6.07) is 0. The highest BCUT2D eigenvalue weighted by atomic mass is 16.6. The zero-order valence-electron chi connectivity index (χ0n) is 15.9. The molecule has 1 saturated heterocycles. The highest BCUT2D eigenvalue weighted by Crippen LogP contribution is 2.18. The van der Waals surface area contributed by atoms with Gasteiger partial charge in [-0.1, -0.05) is 0 Å². The number of ether oxygens (including phenoxy) is 2. The summed E-state index contributed by atoms with van der Waals surface area (Å²) in [5.74, 6) is 0. The van der Waals surface area contributed by atoms with E-state index >= 15 is 0 Å². The maximum atomic E-state index is 12.4. The third-order valence-corrected chi connectivity index (χ3v) is 3.85. The highest BCUT2D eigenvalue weighted by Gasteiger charge is 2.30. The van der Waals surface area contributed by atoms with Crippen molar-refractivity contribution >= 4 is 6.09 Å². The predicted octanol–water partition coefficient (Wildman–Crippen LogP) is 3.57. The fourth-order valence-electron chi connectivity index (χ4n) is 2.63. The monoisotopic (exact) mass is 328 g/mol. The van der Waals surface area contributed by atoms with Gasteiger partial charge in [-0.05, 0) is 73.8 Å². The Kier molecular flexibility index (Phi) is 7.81. The van der Waals surface area contributed by atoms with Crippen LogP contribution in [0.3, 0.4) is 0 Å². The van der Waals surface area contributed by atoms with Crippen molar-refractivity contribution in [3.63, 3.8) is 0 Å². The first-order valence-corrected chi connectivity index (χ1v) is 8.92. The molecule has 136 valence electrons. The second-order valence-electron chi connectivity index (χ2n) is 8.33. The van der Waals surface area contributed by atoms with E-state index in [-0.39, 0.29) is 11.6 Å². The standard InChI is InChI=1S/C18H36N2O3/c1-17(2,3)20(16(21)23-18(4,5)6)13-12-19-11-10-15-9-7-8-14-22-15/h15,19H,7-14H2,1-6H3. The third kappa shape index (κ3) is 8.56. The molecule has 5 heteroatoms. The van der Waals surface area contributed by atoms with Crippen LogP contribution in [0.15, 0.2) is 0 Å². The van der Waals surface area contributed by atoms with Gasteiger partial charge in [-0.3, -0.25) is 0 Å². The fourth-order valence-corrected chi connectivity index (χ4v) is 2.63. The number of carbonyl (C=O) groups excluding carboxylic acids is 1. The van der Waals surface area contributed by atoms with Crippen LogP contribution >= 0.6 is 0 Å². The summed E-state index contributed by atoms with van der Waals surface area (Å²) >= 11 is 0. The minimum Gasteiger partial charge on any atom is -0.444 e. The fraction of sp³-hybridized carbons (Fsp3) is 0.944. The van der Waals surface area contributed by atoms with Gasteiger partial charge in [0.15, 0.2) is 0 Å². The maximum absolute atomic E-state index is 12.4. The van der Waals surface area contributed by atoms with E-state index in [9.17, 15) is 4.79 Å². The summed E-state index contributed by atoms with van der Waals surface area (Å²) in [5, 5.41) is 3.42. The number of hydrogen-bond donors (Lipinski definition) is 1. The van der Waals surface area contributed by atoms with Crippen LogP contribution in [0.5, 0.6) is 0 Å². The molecule has 1 aliphatic heterocycles. The molecule has 1 rings (SSSR count). The first-order valence-electron chi connectivity index (χ1n) is 8.92. The molecule has 1 fully saturated rings. The summed E-state index contributed by atoms with van der Waals surface area (Å²) in [6.07, 6.45) is 4.85. The molecule has 23 heavy (non-hydrogen) atoms. The molecule has 1 atom stereocenters. The average molecular weight is 328 g/mol. The van der Waals surface area contributed by atoms with Crippen molar-refractivity contribution in [3.8, 4) is 0 Å². The molecular weight excluding hydrogens is 292 g/mol. The Balaban J connectivity index is 2.32. The zero-order valence-corrected chi connectivity index (χ0v) is 15.9. The molecule has 1 amide bonds. The van der Waals surface area contributed by atoms with Crippen LogP contribution in [-0.2, 0) is 9.47 Å². The molecule has 1 aliphatic rings. The summed E-state index contributed by atoms with van der Waals surface area (Å²) in [7, 11) is 0. The minimum absolute atomic E-state index is 0.248. The van der Waals surface area contributed by atoms with E-state index in [2.05, 4.69) is 5.32 Å². The van der Waals surface area contributed by atoms with Gasteiger partial charge in [-0.15, -0.1) is 0 Å². The molecule has 0 spiro atoms. The van der Waals surface area contributed by atoms with Crippen molar-refractivity contribution in [1.29, 1.82) is 0 Å². The number of amides is 1. The summed E-state index contributed by atoms with van der Waals surface area (Å²) in [4.78, 5) is 14.2.